The molecule has 1 aliphatic carbocycles. The van der Waals surface area contributed by atoms with Gasteiger partial charge >= 0.3 is 5.97 Å². The molecule has 1 saturated carbocycles. The largest absolute Gasteiger partial charge is 0.481 e. The van der Waals surface area contributed by atoms with Crippen molar-refractivity contribution in [3.05, 3.63) is 0 Å². The van der Waals surface area contributed by atoms with Gasteiger partial charge in [0.2, 0.25) is 0 Å². The van der Waals surface area contributed by atoms with Crippen LogP contribution in [0.5, 0.6) is 0 Å². The highest BCUT2D eigenvalue weighted by Crippen LogP contribution is 2.34. The van der Waals surface area contributed by atoms with E-state index in [1.807, 2.05) is 13.8 Å². The van der Waals surface area contributed by atoms with Crippen molar-refractivity contribution < 1.29 is 23.8 Å². The lowest BCUT2D eigenvalue weighted by atomic mass is 9.92. The van der Waals surface area contributed by atoms with Crippen LogP contribution in [-0.4, -0.2) is 28.2 Å². The van der Waals surface area contributed by atoms with E-state index in [0.717, 1.165) is 44.9 Å². The molecule has 0 aromatic rings. The number of carbonyl (C=O) groups is 1. The Labute approximate surface area is 158 Å². The third-order valence-corrected chi connectivity index (χ3v) is 5.37. The first kappa shape index (κ1) is 25.3. The summed E-state index contributed by atoms with van der Waals surface area (Å²) < 4.78 is 27.4. The summed E-state index contributed by atoms with van der Waals surface area (Å²) in [5.41, 5.74) is 0. The van der Waals surface area contributed by atoms with Crippen molar-refractivity contribution in [1.29, 1.82) is 0 Å². The van der Waals surface area contributed by atoms with Crippen molar-refractivity contribution in [2.24, 2.45) is 11.8 Å². The number of carboxylic acid groups (broad SMARTS) is 1. The van der Waals surface area contributed by atoms with Gasteiger partial charge in [-0.2, -0.15) is 0 Å². The minimum Gasteiger partial charge on any atom is -0.481 e. The number of halogens is 2. The molecule has 1 fully saturated rings. The fourth-order valence-corrected chi connectivity index (χ4v) is 3.35. The van der Waals surface area contributed by atoms with Gasteiger partial charge in [0, 0.05) is 12.8 Å². The summed E-state index contributed by atoms with van der Waals surface area (Å²) in [6.07, 6.45) is 9.45. The standard InChI is InChI=1S/C14H26F2O.C7H14O2/c1-3-11(2)10-14(15,16)13(17)9-8-12-6-4-5-7-12;1-2-3-4-5-6-7(8)9/h11-13,17H,3-10H2,1-2H3;2-6H2,1H3,(H,8,9)/t11-,13?;/m0./s1. The Bertz CT molecular complexity index is 355. The lowest BCUT2D eigenvalue weighted by molar-refractivity contribution is -0.137. The monoisotopic (exact) mass is 378 g/mol. The van der Waals surface area contributed by atoms with E-state index in [2.05, 4.69) is 6.92 Å². The molecule has 0 bridgehead atoms. The van der Waals surface area contributed by atoms with E-state index in [4.69, 9.17) is 5.11 Å². The first-order valence-corrected chi connectivity index (χ1v) is 10.5. The highest BCUT2D eigenvalue weighted by Gasteiger charge is 2.39. The SMILES string of the molecule is CCCCCCC(=O)O.CC[C@H](C)CC(F)(F)C(O)CCC1CCCC1. The van der Waals surface area contributed by atoms with Crippen molar-refractivity contribution in [2.45, 2.75) is 116 Å². The Hall–Kier alpha value is -0.710. The zero-order chi connectivity index (χ0) is 20.0. The van der Waals surface area contributed by atoms with E-state index in [1.165, 1.54) is 19.3 Å². The molecule has 3 nitrogen and oxygen atoms in total. The molecule has 0 spiro atoms. The molecular formula is C21H40F2O3. The second-order valence-corrected chi connectivity index (χ2v) is 7.93. The minimum absolute atomic E-state index is 0.0221. The van der Waals surface area contributed by atoms with E-state index in [-0.39, 0.29) is 18.8 Å². The summed E-state index contributed by atoms with van der Waals surface area (Å²) in [4.78, 5) is 9.96. The quantitative estimate of drug-likeness (QED) is 0.385. The fraction of sp³-hybridized carbons (Fsp3) is 0.952. The number of unbranched alkanes of at least 4 members (excludes halogenated alkanes) is 3. The molecular weight excluding hydrogens is 338 g/mol. The van der Waals surface area contributed by atoms with Gasteiger partial charge < -0.3 is 10.2 Å². The van der Waals surface area contributed by atoms with Gasteiger partial charge in [-0.05, 0) is 31.1 Å². The number of rotatable bonds is 12. The van der Waals surface area contributed by atoms with Gasteiger partial charge in [-0.3, -0.25) is 4.79 Å². The van der Waals surface area contributed by atoms with Crippen LogP contribution in [0.2, 0.25) is 0 Å². The number of aliphatic hydroxyl groups excluding tert-OH is 1. The van der Waals surface area contributed by atoms with Crippen LogP contribution in [0.4, 0.5) is 8.78 Å². The molecule has 0 aromatic heterocycles. The van der Waals surface area contributed by atoms with Crippen molar-refractivity contribution in [2.75, 3.05) is 0 Å². The van der Waals surface area contributed by atoms with Crippen LogP contribution >= 0.6 is 0 Å². The average Bonchev–Trinajstić information content (AvgIpc) is 3.10. The molecule has 26 heavy (non-hydrogen) atoms. The lowest BCUT2D eigenvalue weighted by Crippen LogP contribution is -2.35. The van der Waals surface area contributed by atoms with Gasteiger partial charge in [0.1, 0.15) is 6.10 Å². The molecule has 1 unspecified atom stereocenters. The van der Waals surface area contributed by atoms with E-state index in [1.54, 1.807) is 0 Å². The Balaban J connectivity index is 0.000000590. The molecule has 1 aliphatic rings. The number of hydrogen-bond acceptors (Lipinski definition) is 2. The lowest BCUT2D eigenvalue weighted by Gasteiger charge is -2.25. The Morgan fingerprint density at radius 2 is 1.77 bits per heavy atom. The van der Waals surface area contributed by atoms with Crippen LogP contribution < -0.4 is 0 Å². The highest BCUT2D eigenvalue weighted by molar-refractivity contribution is 5.66. The minimum atomic E-state index is -2.91. The summed E-state index contributed by atoms with van der Waals surface area (Å²) in [5.74, 6) is -3.03. The van der Waals surface area contributed by atoms with Crippen LogP contribution in [0.15, 0.2) is 0 Å². The number of carboxylic acids is 1. The first-order chi connectivity index (χ1) is 12.2. The molecule has 0 saturated heterocycles. The van der Waals surface area contributed by atoms with Gasteiger partial charge in [0.15, 0.2) is 0 Å². The predicted octanol–water partition coefficient (Wildman–Crippen LogP) is 6.43. The fourth-order valence-electron chi connectivity index (χ4n) is 3.35. The van der Waals surface area contributed by atoms with Crippen molar-refractivity contribution in [3.63, 3.8) is 0 Å². The second-order valence-electron chi connectivity index (χ2n) is 7.93. The Kier molecular flexibility index (Phi) is 14.0. The molecule has 0 amide bonds. The van der Waals surface area contributed by atoms with Gasteiger partial charge in [0.05, 0.1) is 0 Å². The maximum absolute atomic E-state index is 13.7. The highest BCUT2D eigenvalue weighted by atomic mass is 19.3. The molecule has 1 rings (SSSR count). The van der Waals surface area contributed by atoms with Crippen LogP contribution in [0.1, 0.15) is 104 Å². The molecule has 0 aromatic carbocycles. The van der Waals surface area contributed by atoms with Crippen molar-refractivity contribution in [1.82, 2.24) is 0 Å². The topological polar surface area (TPSA) is 57.5 Å². The Morgan fingerprint density at radius 3 is 2.27 bits per heavy atom. The zero-order valence-corrected chi connectivity index (χ0v) is 17.0. The second kappa shape index (κ2) is 14.4. The molecule has 0 aliphatic heterocycles. The van der Waals surface area contributed by atoms with Crippen LogP contribution in [0, 0.1) is 11.8 Å². The van der Waals surface area contributed by atoms with E-state index < -0.39 is 18.0 Å². The number of aliphatic hydroxyl groups is 1. The number of alkyl halides is 2. The van der Waals surface area contributed by atoms with Gasteiger partial charge in [-0.15, -0.1) is 0 Å². The summed E-state index contributed by atoms with van der Waals surface area (Å²) >= 11 is 0. The zero-order valence-electron chi connectivity index (χ0n) is 17.0. The summed E-state index contributed by atoms with van der Waals surface area (Å²) in [5, 5.41) is 17.8. The smallest absolute Gasteiger partial charge is 0.303 e. The normalized spacial score (nSPS) is 17.5. The van der Waals surface area contributed by atoms with Crippen molar-refractivity contribution in [3.8, 4) is 0 Å². The van der Waals surface area contributed by atoms with E-state index in [0.29, 0.717) is 12.3 Å². The third-order valence-electron chi connectivity index (χ3n) is 5.37. The van der Waals surface area contributed by atoms with Gasteiger partial charge in [0.25, 0.3) is 5.92 Å². The van der Waals surface area contributed by atoms with E-state index in [9.17, 15) is 18.7 Å². The molecule has 2 N–H and O–H groups in total. The van der Waals surface area contributed by atoms with Gasteiger partial charge in [-0.25, -0.2) is 8.78 Å². The molecule has 5 heteroatoms. The number of hydrogen-bond donors (Lipinski definition) is 2. The van der Waals surface area contributed by atoms with E-state index >= 15 is 0 Å². The van der Waals surface area contributed by atoms with Gasteiger partial charge in [-0.1, -0.05) is 72.1 Å². The summed E-state index contributed by atoms with van der Waals surface area (Å²) in [6.45, 7) is 5.84. The maximum Gasteiger partial charge on any atom is 0.303 e. The van der Waals surface area contributed by atoms with Crippen LogP contribution in [-0.2, 0) is 4.79 Å². The molecule has 2 atom stereocenters. The van der Waals surface area contributed by atoms with Crippen molar-refractivity contribution >= 4 is 5.97 Å². The van der Waals surface area contributed by atoms with Crippen LogP contribution in [0.25, 0.3) is 0 Å². The molecule has 156 valence electrons. The predicted molar refractivity (Wildman–Crippen MR) is 103 cm³/mol. The third kappa shape index (κ3) is 12.6. The maximum atomic E-state index is 13.7. The van der Waals surface area contributed by atoms with Crippen LogP contribution in [0.3, 0.4) is 0 Å². The summed E-state index contributed by atoms with van der Waals surface area (Å²) in [7, 11) is 0. The number of aliphatic carboxylic acids is 1. The first-order valence-electron chi connectivity index (χ1n) is 10.5. The molecule has 0 radical (unpaired) electrons. The average molecular weight is 379 g/mol. The Morgan fingerprint density at radius 1 is 1.15 bits per heavy atom. The molecule has 0 heterocycles. The summed E-state index contributed by atoms with van der Waals surface area (Å²) in [6, 6.07) is 0.